The van der Waals surface area contributed by atoms with Gasteiger partial charge >= 0.3 is 5.97 Å². The molecule has 8 heteroatoms. The monoisotopic (exact) mass is 399 g/mol. The van der Waals surface area contributed by atoms with Gasteiger partial charge in [-0.3, -0.25) is 10.2 Å². The molecular formula is C21H27N4O4-. The minimum Gasteiger partial charge on any atom is -0.612 e. The molecule has 156 valence electrons. The largest absolute Gasteiger partial charge is 0.612 e. The molecule has 1 N–H and O–H groups in total. The number of anilines is 2. The molecule has 0 amide bonds. The van der Waals surface area contributed by atoms with E-state index in [9.17, 15) is 15.2 Å². The number of esters is 1. The second-order valence-electron chi connectivity index (χ2n) is 7.34. The van der Waals surface area contributed by atoms with Gasteiger partial charge in [-0.05, 0) is 56.7 Å². The zero-order valence-corrected chi connectivity index (χ0v) is 17.2. The molecule has 8 nitrogen and oxygen atoms in total. The van der Waals surface area contributed by atoms with Crippen molar-refractivity contribution in [1.82, 2.24) is 0 Å². The first kappa shape index (κ1) is 22.0. The average Bonchev–Trinajstić information content (AvgIpc) is 2.72. The molecule has 0 heterocycles. The third kappa shape index (κ3) is 6.38. The number of hydrogen-bond donors (Lipinski definition) is 1. The van der Waals surface area contributed by atoms with E-state index in [0.717, 1.165) is 17.8 Å². The van der Waals surface area contributed by atoms with E-state index in [4.69, 9.17) is 4.74 Å². The van der Waals surface area contributed by atoms with Crippen LogP contribution in [0.4, 0.5) is 11.4 Å². The van der Waals surface area contributed by atoms with Crippen LogP contribution in [0.5, 0.6) is 0 Å². The van der Waals surface area contributed by atoms with Crippen molar-refractivity contribution in [1.29, 1.82) is 0 Å². The summed E-state index contributed by atoms with van der Waals surface area (Å²) in [5.74, 6) is -0.180. The highest BCUT2D eigenvalue weighted by molar-refractivity contribution is 6.17. The lowest BCUT2D eigenvalue weighted by molar-refractivity contribution is -0.377. The molecule has 0 fully saturated rings. The highest BCUT2D eigenvalue weighted by Gasteiger charge is 2.26. The lowest BCUT2D eigenvalue weighted by atomic mass is 9.91. The highest BCUT2D eigenvalue weighted by atomic mass is 16.8. The normalized spacial score (nSPS) is 13.2. The van der Waals surface area contributed by atoms with Gasteiger partial charge in [-0.25, -0.2) is 0 Å². The van der Waals surface area contributed by atoms with Gasteiger partial charge in [-0.15, -0.1) is 0 Å². The summed E-state index contributed by atoms with van der Waals surface area (Å²) in [4.78, 5) is 13.6. The fourth-order valence-corrected chi connectivity index (χ4v) is 2.31. The summed E-state index contributed by atoms with van der Waals surface area (Å²) in [7, 11) is 1.93. The van der Waals surface area contributed by atoms with Crippen LogP contribution in [0.1, 0.15) is 27.2 Å². The quantitative estimate of drug-likeness (QED) is 0.311. The van der Waals surface area contributed by atoms with Crippen molar-refractivity contribution in [3.05, 3.63) is 59.0 Å². The Hall–Kier alpha value is -3.29. The summed E-state index contributed by atoms with van der Waals surface area (Å²) >= 11 is 0. The van der Waals surface area contributed by atoms with Crippen LogP contribution < -0.4 is 10.3 Å². The fraction of sp³-hybridized carbons (Fsp3) is 0.381. The van der Waals surface area contributed by atoms with Gasteiger partial charge in [0.05, 0.1) is 23.4 Å². The van der Waals surface area contributed by atoms with E-state index in [0.29, 0.717) is 18.9 Å². The van der Waals surface area contributed by atoms with E-state index in [2.05, 4.69) is 10.5 Å². The van der Waals surface area contributed by atoms with Crippen LogP contribution in [0, 0.1) is 15.8 Å². The molecule has 1 aliphatic carbocycles. The summed E-state index contributed by atoms with van der Waals surface area (Å²) in [5, 5.41) is 25.5. The van der Waals surface area contributed by atoms with Crippen molar-refractivity contribution in [2.24, 2.45) is 10.5 Å². The number of carbonyl (C=O) groups excluding carboxylic acids is 1. The Morgan fingerprint density at radius 3 is 2.34 bits per heavy atom. The number of carbonyl (C=O) groups is 1. The van der Waals surface area contributed by atoms with E-state index < -0.39 is 10.3 Å². The van der Waals surface area contributed by atoms with Crippen molar-refractivity contribution in [3.63, 3.8) is 0 Å². The Bertz CT molecular complexity index is 817. The summed E-state index contributed by atoms with van der Waals surface area (Å²) in [6.07, 6.45) is 6.71. The molecule has 0 spiro atoms. The van der Waals surface area contributed by atoms with Crippen molar-refractivity contribution >= 4 is 28.8 Å². The van der Waals surface area contributed by atoms with Gasteiger partial charge < -0.3 is 20.1 Å². The standard InChI is InChI=1S/C21H27N4O4/c1-5-21(2,3)20(26)29-15-14-24(4)18-10-6-16(7-11-18)22-23-17-8-12-19(13-9-17)25(27)28/h6-13,22H,5,14-15H2,1-4H3/q-1. The van der Waals surface area contributed by atoms with Crippen LogP contribution in [-0.2, 0) is 9.53 Å². The summed E-state index contributed by atoms with van der Waals surface area (Å²) < 4.78 is 5.37. The topological polar surface area (TPSA) is 103 Å². The van der Waals surface area contributed by atoms with Crippen LogP contribution in [-0.4, -0.2) is 42.5 Å². The number of ether oxygens (including phenoxy) is 1. The van der Waals surface area contributed by atoms with Crippen molar-refractivity contribution in [2.45, 2.75) is 27.2 Å². The Balaban J connectivity index is 1.85. The minimum atomic E-state index is -0.459. The maximum atomic E-state index is 12.0. The molecule has 0 saturated carbocycles. The maximum Gasteiger partial charge on any atom is 0.311 e. The predicted octanol–water partition coefficient (Wildman–Crippen LogP) is 3.45. The van der Waals surface area contributed by atoms with Gasteiger partial charge in [-0.1, -0.05) is 6.92 Å². The molecule has 0 aliphatic heterocycles. The molecule has 1 aliphatic rings. The second kappa shape index (κ2) is 9.77. The fourth-order valence-electron chi connectivity index (χ4n) is 2.31. The van der Waals surface area contributed by atoms with Gasteiger partial charge in [0.25, 0.3) is 0 Å². The molecule has 0 aromatic heterocycles. The zero-order valence-electron chi connectivity index (χ0n) is 17.2. The number of likely N-dealkylation sites (N-methyl/N-ethyl adjacent to an activating group) is 1. The van der Waals surface area contributed by atoms with Gasteiger partial charge in [0.2, 0.25) is 5.71 Å². The van der Waals surface area contributed by atoms with Crippen LogP contribution >= 0.6 is 0 Å². The average molecular weight is 399 g/mol. The molecule has 0 bridgehead atoms. The van der Waals surface area contributed by atoms with Gasteiger partial charge in [0, 0.05) is 24.9 Å². The van der Waals surface area contributed by atoms with Crippen LogP contribution in [0.15, 0.2) is 53.7 Å². The smallest absolute Gasteiger partial charge is 0.311 e. The number of allylic oxidation sites excluding steroid dienone is 4. The third-order valence-corrected chi connectivity index (χ3v) is 4.78. The lowest BCUT2D eigenvalue weighted by Gasteiger charge is -2.23. The van der Waals surface area contributed by atoms with E-state index in [1.807, 2.05) is 57.0 Å². The molecule has 1 aromatic carbocycles. The lowest BCUT2D eigenvalue weighted by Crippen LogP contribution is -2.30. The van der Waals surface area contributed by atoms with Gasteiger partial charge in [-0.2, -0.15) is 10.0 Å². The number of benzene rings is 1. The predicted molar refractivity (Wildman–Crippen MR) is 116 cm³/mol. The van der Waals surface area contributed by atoms with Crippen molar-refractivity contribution in [2.75, 3.05) is 30.5 Å². The van der Waals surface area contributed by atoms with Crippen molar-refractivity contribution in [3.8, 4) is 0 Å². The minimum absolute atomic E-state index is 0.0280. The molecule has 0 saturated heterocycles. The molecule has 1 aromatic rings. The van der Waals surface area contributed by atoms with Crippen LogP contribution in [0.2, 0.25) is 0 Å². The van der Waals surface area contributed by atoms with E-state index in [1.165, 1.54) is 12.2 Å². The number of nitrogens with one attached hydrogen (secondary N) is 1. The first-order chi connectivity index (χ1) is 13.7. The number of hydrogen-bond acceptors (Lipinski definition) is 7. The summed E-state index contributed by atoms with van der Waals surface area (Å²) in [5.41, 5.74) is 4.86. The summed E-state index contributed by atoms with van der Waals surface area (Å²) in [6.45, 7) is 6.65. The van der Waals surface area contributed by atoms with E-state index in [-0.39, 0.29) is 11.7 Å². The molecule has 0 radical (unpaired) electrons. The van der Waals surface area contributed by atoms with E-state index in [1.54, 1.807) is 12.2 Å². The third-order valence-electron chi connectivity index (χ3n) is 4.78. The van der Waals surface area contributed by atoms with Crippen LogP contribution in [0.25, 0.3) is 0 Å². The first-order valence-electron chi connectivity index (χ1n) is 9.42. The van der Waals surface area contributed by atoms with E-state index >= 15 is 0 Å². The Morgan fingerprint density at radius 1 is 1.17 bits per heavy atom. The number of hydrazone groups is 1. The number of nitrogens with zero attached hydrogens (tertiary/aromatic N) is 3. The van der Waals surface area contributed by atoms with Crippen molar-refractivity contribution < 1.29 is 14.4 Å². The maximum absolute atomic E-state index is 12.0. The SMILES string of the molecule is CCC(C)(C)C(=O)OCCN(C)c1ccc(NN=C2C=CC(=[N+]([O-])[O-])C=C2)cc1. The molecule has 2 rings (SSSR count). The molecular weight excluding hydrogens is 372 g/mol. The number of rotatable bonds is 8. The first-order valence-corrected chi connectivity index (χ1v) is 9.42. The Kier molecular flexibility index (Phi) is 7.41. The molecule has 29 heavy (non-hydrogen) atoms. The highest BCUT2D eigenvalue weighted by Crippen LogP contribution is 2.21. The molecule has 0 atom stereocenters. The Labute approximate surface area is 171 Å². The zero-order chi connectivity index (χ0) is 21.4. The second-order valence-corrected chi connectivity index (χ2v) is 7.34. The summed E-state index contributed by atoms with van der Waals surface area (Å²) in [6, 6.07) is 7.64. The van der Waals surface area contributed by atoms with Crippen LogP contribution in [0.3, 0.4) is 0 Å². The Morgan fingerprint density at radius 2 is 1.79 bits per heavy atom. The van der Waals surface area contributed by atoms with Gasteiger partial charge in [0.1, 0.15) is 6.61 Å². The molecule has 0 unspecified atom stereocenters. The van der Waals surface area contributed by atoms with Gasteiger partial charge in [0.15, 0.2) is 0 Å².